The maximum atomic E-state index is 11.1. The molecule has 0 aromatic heterocycles. The number of aliphatic hydroxyl groups is 1. The summed E-state index contributed by atoms with van der Waals surface area (Å²) in [6.07, 6.45) is 3.05. The van der Waals surface area contributed by atoms with Gasteiger partial charge >= 0.3 is 0 Å². The summed E-state index contributed by atoms with van der Waals surface area (Å²) in [6.45, 7) is 11.2. The minimum absolute atomic E-state index is 0.238. The molecule has 0 saturated heterocycles. The second-order valence-electron chi connectivity index (χ2n) is 7.67. The Bertz CT molecular complexity index is 447. The van der Waals surface area contributed by atoms with Gasteiger partial charge in [-0.3, -0.25) is 0 Å². The summed E-state index contributed by atoms with van der Waals surface area (Å²) in [6, 6.07) is 8.60. The molecule has 0 bridgehead atoms. The number of benzene rings is 1. The van der Waals surface area contributed by atoms with Crippen molar-refractivity contribution in [2.75, 3.05) is 0 Å². The van der Waals surface area contributed by atoms with Gasteiger partial charge in [0.25, 0.3) is 0 Å². The lowest BCUT2D eigenvalue weighted by Crippen LogP contribution is -2.29. The average molecular weight is 260 g/mol. The van der Waals surface area contributed by atoms with Crippen LogP contribution in [0.3, 0.4) is 0 Å². The SMILES string of the molecule is CC(C)Cc1cccc(C2(O)CC(C)(C)CC2C)c1. The molecule has 1 fully saturated rings. The van der Waals surface area contributed by atoms with E-state index < -0.39 is 5.60 Å². The van der Waals surface area contributed by atoms with Crippen LogP contribution in [0, 0.1) is 17.3 Å². The first-order valence-electron chi connectivity index (χ1n) is 7.55. The Balaban J connectivity index is 2.31. The van der Waals surface area contributed by atoms with Crippen molar-refractivity contribution in [1.29, 1.82) is 0 Å². The molecule has 1 N–H and O–H groups in total. The number of rotatable bonds is 3. The lowest BCUT2D eigenvalue weighted by Gasteiger charge is -2.29. The highest BCUT2D eigenvalue weighted by molar-refractivity contribution is 5.30. The first-order chi connectivity index (χ1) is 8.73. The molecular weight excluding hydrogens is 232 g/mol. The zero-order valence-corrected chi connectivity index (χ0v) is 13.0. The third kappa shape index (κ3) is 3.02. The van der Waals surface area contributed by atoms with Crippen LogP contribution < -0.4 is 0 Å². The van der Waals surface area contributed by atoms with Crippen molar-refractivity contribution in [3.8, 4) is 0 Å². The van der Waals surface area contributed by atoms with Gasteiger partial charge in [-0.25, -0.2) is 0 Å². The molecule has 2 rings (SSSR count). The molecule has 1 heteroatoms. The molecule has 2 unspecified atom stereocenters. The van der Waals surface area contributed by atoms with Crippen molar-refractivity contribution in [1.82, 2.24) is 0 Å². The second kappa shape index (κ2) is 4.94. The van der Waals surface area contributed by atoms with E-state index in [-0.39, 0.29) is 5.41 Å². The molecule has 2 atom stereocenters. The molecule has 1 aromatic rings. The van der Waals surface area contributed by atoms with Crippen LogP contribution in [-0.2, 0) is 12.0 Å². The van der Waals surface area contributed by atoms with Crippen LogP contribution in [0.5, 0.6) is 0 Å². The largest absolute Gasteiger partial charge is 0.385 e. The summed E-state index contributed by atoms with van der Waals surface area (Å²) in [5.74, 6) is 0.985. The van der Waals surface area contributed by atoms with Crippen molar-refractivity contribution in [3.05, 3.63) is 35.4 Å². The van der Waals surface area contributed by atoms with E-state index in [1.54, 1.807) is 0 Å². The Morgan fingerprint density at radius 1 is 1.32 bits per heavy atom. The second-order valence-corrected chi connectivity index (χ2v) is 7.67. The normalized spacial score (nSPS) is 29.9. The van der Waals surface area contributed by atoms with E-state index in [4.69, 9.17) is 0 Å². The standard InChI is InChI=1S/C18H28O/c1-13(2)9-15-7-6-8-16(10-15)18(19)12-17(4,5)11-14(18)3/h6-8,10,13-14,19H,9,11-12H2,1-5H3. The van der Waals surface area contributed by atoms with E-state index in [0.717, 1.165) is 24.8 Å². The summed E-state index contributed by atoms with van der Waals surface area (Å²) in [5, 5.41) is 11.1. The summed E-state index contributed by atoms with van der Waals surface area (Å²) in [4.78, 5) is 0. The molecule has 1 saturated carbocycles. The molecule has 0 amide bonds. The zero-order valence-electron chi connectivity index (χ0n) is 13.0. The third-order valence-corrected chi connectivity index (χ3v) is 4.49. The summed E-state index contributed by atoms with van der Waals surface area (Å²) < 4.78 is 0. The van der Waals surface area contributed by atoms with Gasteiger partial charge in [-0.2, -0.15) is 0 Å². The molecule has 0 spiro atoms. The molecule has 0 radical (unpaired) electrons. The molecule has 106 valence electrons. The van der Waals surface area contributed by atoms with E-state index in [1.165, 1.54) is 5.56 Å². The maximum Gasteiger partial charge on any atom is 0.0927 e. The lowest BCUT2D eigenvalue weighted by molar-refractivity contribution is -0.000917. The lowest BCUT2D eigenvalue weighted by atomic mass is 9.82. The van der Waals surface area contributed by atoms with E-state index in [0.29, 0.717) is 11.8 Å². The fourth-order valence-electron chi connectivity index (χ4n) is 3.80. The highest BCUT2D eigenvalue weighted by Gasteiger charge is 2.48. The topological polar surface area (TPSA) is 20.2 Å². The fourth-order valence-corrected chi connectivity index (χ4v) is 3.80. The van der Waals surface area contributed by atoms with Crippen LogP contribution in [0.25, 0.3) is 0 Å². The predicted molar refractivity (Wildman–Crippen MR) is 81.1 cm³/mol. The first kappa shape index (κ1) is 14.6. The van der Waals surface area contributed by atoms with Gasteiger partial charge in [0.2, 0.25) is 0 Å². The Morgan fingerprint density at radius 2 is 2.00 bits per heavy atom. The molecule has 1 nitrogen and oxygen atoms in total. The Kier molecular flexibility index (Phi) is 3.79. The van der Waals surface area contributed by atoms with Gasteiger partial charge in [0.15, 0.2) is 0 Å². The number of hydrogen-bond donors (Lipinski definition) is 1. The summed E-state index contributed by atoms with van der Waals surface area (Å²) >= 11 is 0. The van der Waals surface area contributed by atoms with Gasteiger partial charge in [-0.15, -0.1) is 0 Å². The van der Waals surface area contributed by atoms with Gasteiger partial charge in [0, 0.05) is 0 Å². The fraction of sp³-hybridized carbons (Fsp3) is 0.667. The first-order valence-corrected chi connectivity index (χ1v) is 7.55. The summed E-state index contributed by atoms with van der Waals surface area (Å²) in [5.41, 5.74) is 2.06. The Hall–Kier alpha value is -0.820. The highest BCUT2D eigenvalue weighted by Crippen LogP contribution is 2.52. The van der Waals surface area contributed by atoms with Crippen LogP contribution in [0.1, 0.15) is 58.6 Å². The Morgan fingerprint density at radius 3 is 2.53 bits per heavy atom. The highest BCUT2D eigenvalue weighted by atomic mass is 16.3. The van der Waals surface area contributed by atoms with Gasteiger partial charge in [-0.1, -0.05) is 58.9 Å². The predicted octanol–water partition coefficient (Wildman–Crippen LogP) is 4.53. The monoisotopic (exact) mass is 260 g/mol. The third-order valence-electron chi connectivity index (χ3n) is 4.49. The van der Waals surface area contributed by atoms with Crippen molar-refractivity contribution in [3.63, 3.8) is 0 Å². The van der Waals surface area contributed by atoms with E-state index in [1.807, 2.05) is 0 Å². The molecule has 1 aliphatic rings. The molecular formula is C18H28O. The average Bonchev–Trinajstić information content (AvgIpc) is 2.48. The van der Waals surface area contributed by atoms with Crippen molar-refractivity contribution in [2.45, 2.75) is 59.5 Å². The van der Waals surface area contributed by atoms with Crippen molar-refractivity contribution in [2.24, 2.45) is 17.3 Å². The van der Waals surface area contributed by atoms with E-state index >= 15 is 0 Å². The van der Waals surface area contributed by atoms with Crippen LogP contribution in [0.15, 0.2) is 24.3 Å². The van der Waals surface area contributed by atoms with Crippen LogP contribution in [-0.4, -0.2) is 5.11 Å². The van der Waals surface area contributed by atoms with Gasteiger partial charge in [0.05, 0.1) is 5.60 Å². The Labute approximate surface area is 118 Å². The molecule has 19 heavy (non-hydrogen) atoms. The molecule has 1 aromatic carbocycles. The summed E-state index contributed by atoms with van der Waals surface area (Å²) in [7, 11) is 0. The van der Waals surface area contributed by atoms with Crippen LogP contribution >= 0.6 is 0 Å². The number of hydrogen-bond acceptors (Lipinski definition) is 1. The van der Waals surface area contributed by atoms with Gasteiger partial charge in [-0.05, 0) is 47.6 Å². The quantitative estimate of drug-likeness (QED) is 0.846. The van der Waals surface area contributed by atoms with E-state index in [9.17, 15) is 5.11 Å². The van der Waals surface area contributed by atoms with E-state index in [2.05, 4.69) is 58.9 Å². The van der Waals surface area contributed by atoms with Crippen molar-refractivity contribution < 1.29 is 5.11 Å². The zero-order chi connectivity index (χ0) is 14.3. The molecule has 0 heterocycles. The van der Waals surface area contributed by atoms with Gasteiger partial charge in [0.1, 0.15) is 0 Å². The molecule has 0 aliphatic heterocycles. The van der Waals surface area contributed by atoms with Gasteiger partial charge < -0.3 is 5.11 Å². The minimum Gasteiger partial charge on any atom is -0.385 e. The van der Waals surface area contributed by atoms with Crippen LogP contribution in [0.2, 0.25) is 0 Å². The minimum atomic E-state index is -0.642. The smallest absolute Gasteiger partial charge is 0.0927 e. The molecule has 1 aliphatic carbocycles. The maximum absolute atomic E-state index is 11.1. The van der Waals surface area contributed by atoms with Crippen LogP contribution in [0.4, 0.5) is 0 Å². The van der Waals surface area contributed by atoms with Crippen molar-refractivity contribution >= 4 is 0 Å².